The largest absolute Gasteiger partial charge is 0.378 e. The molecule has 0 radical (unpaired) electrons. The molecule has 1 aromatic rings. The Labute approximate surface area is 116 Å². The number of nitrogens with one attached hydrogen (secondary N) is 1. The third-order valence-corrected chi connectivity index (χ3v) is 3.57. The summed E-state index contributed by atoms with van der Waals surface area (Å²) >= 11 is 11.8. The van der Waals surface area contributed by atoms with Crippen molar-refractivity contribution in [1.29, 1.82) is 0 Å². The highest BCUT2D eigenvalue weighted by molar-refractivity contribution is 6.34. The Hall–Kier alpha value is -0.840. The number of carbonyl (C=O) groups excluding carboxylic acids is 1. The number of pyridine rings is 1. The van der Waals surface area contributed by atoms with E-state index >= 15 is 0 Å². The Morgan fingerprint density at radius 2 is 2.28 bits per heavy atom. The number of rotatable bonds is 2. The van der Waals surface area contributed by atoms with E-state index in [1.165, 1.54) is 0 Å². The topological polar surface area (TPSA) is 51.2 Å². The molecule has 1 saturated heterocycles. The van der Waals surface area contributed by atoms with Gasteiger partial charge in [-0.3, -0.25) is 4.79 Å². The van der Waals surface area contributed by atoms with Crippen molar-refractivity contribution < 1.29 is 9.53 Å². The van der Waals surface area contributed by atoms with E-state index in [1.807, 2.05) is 13.8 Å². The van der Waals surface area contributed by atoms with Crippen molar-refractivity contribution >= 4 is 34.8 Å². The van der Waals surface area contributed by atoms with Crippen LogP contribution in [0.4, 0.5) is 5.69 Å². The second-order valence-electron chi connectivity index (χ2n) is 4.39. The summed E-state index contributed by atoms with van der Waals surface area (Å²) in [4.78, 5) is 16.0. The lowest BCUT2D eigenvalue weighted by molar-refractivity contribution is -0.121. The predicted octanol–water partition coefficient (Wildman–Crippen LogP) is 3.06. The molecule has 1 fully saturated rings. The standard InChI is InChI=1S/C12H14Cl2N2O2/c1-6-5-9(13)15-11(14)10(6)16-12(17)8-3-4-18-7(8)2/h5,7-8H,3-4H2,1-2H3,(H,16,17). The Morgan fingerprint density at radius 1 is 1.56 bits per heavy atom. The lowest BCUT2D eigenvalue weighted by atomic mass is 10.0. The van der Waals surface area contributed by atoms with Crippen LogP contribution in [0, 0.1) is 12.8 Å². The second kappa shape index (κ2) is 5.43. The van der Waals surface area contributed by atoms with Crippen molar-refractivity contribution in [3.8, 4) is 0 Å². The molecule has 2 rings (SSSR count). The van der Waals surface area contributed by atoms with E-state index in [-0.39, 0.29) is 23.1 Å². The van der Waals surface area contributed by atoms with E-state index < -0.39 is 0 Å². The predicted molar refractivity (Wildman–Crippen MR) is 71.1 cm³/mol. The molecule has 1 aliphatic rings. The minimum absolute atomic E-state index is 0.0654. The number of anilines is 1. The zero-order valence-electron chi connectivity index (χ0n) is 10.2. The number of halogens is 2. The van der Waals surface area contributed by atoms with Gasteiger partial charge in [0.25, 0.3) is 0 Å². The van der Waals surface area contributed by atoms with Crippen molar-refractivity contribution in [2.45, 2.75) is 26.4 Å². The summed E-state index contributed by atoms with van der Waals surface area (Å²) in [6.07, 6.45) is 0.661. The van der Waals surface area contributed by atoms with E-state index in [9.17, 15) is 4.79 Å². The van der Waals surface area contributed by atoms with Crippen LogP contribution in [0.5, 0.6) is 0 Å². The normalized spacial score (nSPS) is 23.1. The highest BCUT2D eigenvalue weighted by Crippen LogP contribution is 2.28. The van der Waals surface area contributed by atoms with E-state index in [2.05, 4.69) is 10.3 Å². The van der Waals surface area contributed by atoms with Crippen LogP contribution in [-0.2, 0) is 9.53 Å². The minimum atomic E-state index is -0.142. The number of aromatic nitrogens is 1. The molecule has 98 valence electrons. The van der Waals surface area contributed by atoms with Crippen LogP contribution in [0.25, 0.3) is 0 Å². The van der Waals surface area contributed by atoms with Gasteiger partial charge in [0.2, 0.25) is 5.91 Å². The maximum atomic E-state index is 12.1. The van der Waals surface area contributed by atoms with E-state index in [0.717, 1.165) is 12.0 Å². The quantitative estimate of drug-likeness (QED) is 0.851. The molecule has 1 aliphatic heterocycles. The Kier molecular flexibility index (Phi) is 4.10. The minimum Gasteiger partial charge on any atom is -0.378 e. The van der Waals surface area contributed by atoms with Crippen molar-refractivity contribution in [2.75, 3.05) is 11.9 Å². The van der Waals surface area contributed by atoms with E-state index in [4.69, 9.17) is 27.9 Å². The van der Waals surface area contributed by atoms with Gasteiger partial charge in [-0.15, -0.1) is 0 Å². The highest BCUT2D eigenvalue weighted by Gasteiger charge is 2.31. The van der Waals surface area contributed by atoms with E-state index in [1.54, 1.807) is 6.07 Å². The first kappa shape index (κ1) is 13.6. The zero-order valence-corrected chi connectivity index (χ0v) is 11.7. The van der Waals surface area contributed by atoms with Crippen LogP contribution in [-0.4, -0.2) is 23.6 Å². The van der Waals surface area contributed by atoms with Crippen molar-refractivity contribution in [2.24, 2.45) is 5.92 Å². The third-order valence-electron chi connectivity index (χ3n) is 3.10. The molecule has 0 aromatic carbocycles. The molecule has 6 heteroatoms. The van der Waals surface area contributed by atoms with Gasteiger partial charge in [-0.2, -0.15) is 0 Å². The van der Waals surface area contributed by atoms with Crippen LogP contribution in [0.3, 0.4) is 0 Å². The molecule has 1 aromatic heterocycles. The molecule has 0 spiro atoms. The summed E-state index contributed by atoms with van der Waals surface area (Å²) in [7, 11) is 0. The zero-order chi connectivity index (χ0) is 13.3. The number of hydrogen-bond donors (Lipinski definition) is 1. The van der Waals surface area contributed by atoms with Gasteiger partial charge in [-0.25, -0.2) is 4.98 Å². The lowest BCUT2D eigenvalue weighted by Gasteiger charge is -2.16. The lowest BCUT2D eigenvalue weighted by Crippen LogP contribution is -2.28. The third kappa shape index (κ3) is 2.76. The van der Waals surface area contributed by atoms with Crippen LogP contribution < -0.4 is 5.32 Å². The fourth-order valence-electron chi connectivity index (χ4n) is 2.04. The van der Waals surface area contributed by atoms with Gasteiger partial charge in [0.1, 0.15) is 5.15 Å². The Bertz CT molecular complexity index is 456. The number of hydrogen-bond acceptors (Lipinski definition) is 3. The molecular formula is C12H14Cl2N2O2. The summed E-state index contributed by atoms with van der Waals surface area (Å²) in [5.74, 6) is -0.231. The molecule has 0 bridgehead atoms. The average molecular weight is 289 g/mol. The van der Waals surface area contributed by atoms with Crippen LogP contribution in [0.2, 0.25) is 10.3 Å². The molecule has 1 N–H and O–H groups in total. The van der Waals surface area contributed by atoms with Gasteiger partial charge in [0.15, 0.2) is 5.15 Å². The maximum Gasteiger partial charge on any atom is 0.230 e. The Balaban J connectivity index is 2.17. The Morgan fingerprint density at radius 3 is 2.83 bits per heavy atom. The maximum absolute atomic E-state index is 12.1. The number of carbonyl (C=O) groups is 1. The summed E-state index contributed by atoms with van der Waals surface area (Å²) < 4.78 is 5.37. The molecule has 4 nitrogen and oxygen atoms in total. The van der Waals surface area contributed by atoms with Gasteiger partial charge < -0.3 is 10.1 Å². The molecule has 2 heterocycles. The molecular weight excluding hydrogens is 275 g/mol. The molecule has 0 saturated carbocycles. The number of amides is 1. The highest BCUT2D eigenvalue weighted by atomic mass is 35.5. The van der Waals surface area contributed by atoms with Crippen molar-refractivity contribution in [3.05, 3.63) is 21.9 Å². The van der Waals surface area contributed by atoms with Gasteiger partial charge in [-0.05, 0) is 31.9 Å². The molecule has 2 unspecified atom stereocenters. The fraction of sp³-hybridized carbons (Fsp3) is 0.500. The van der Waals surface area contributed by atoms with Crippen molar-refractivity contribution in [1.82, 2.24) is 4.98 Å². The van der Waals surface area contributed by atoms with Crippen LogP contribution >= 0.6 is 23.2 Å². The fourth-order valence-corrected chi connectivity index (χ4v) is 2.62. The first-order valence-electron chi connectivity index (χ1n) is 5.74. The average Bonchev–Trinajstić information content (AvgIpc) is 2.69. The first-order chi connectivity index (χ1) is 8.49. The summed E-state index contributed by atoms with van der Waals surface area (Å²) in [6.45, 7) is 4.33. The molecule has 1 amide bonds. The molecule has 18 heavy (non-hydrogen) atoms. The number of nitrogens with zero attached hydrogens (tertiary/aromatic N) is 1. The van der Waals surface area contributed by atoms with Gasteiger partial charge in [0, 0.05) is 6.61 Å². The van der Waals surface area contributed by atoms with Gasteiger partial charge >= 0.3 is 0 Å². The first-order valence-corrected chi connectivity index (χ1v) is 6.49. The molecule has 2 atom stereocenters. The summed E-state index contributed by atoms with van der Waals surface area (Å²) in [5.41, 5.74) is 1.31. The van der Waals surface area contributed by atoms with E-state index in [0.29, 0.717) is 17.4 Å². The smallest absolute Gasteiger partial charge is 0.230 e. The van der Waals surface area contributed by atoms with Gasteiger partial charge in [0.05, 0.1) is 17.7 Å². The summed E-state index contributed by atoms with van der Waals surface area (Å²) in [6, 6.07) is 1.66. The van der Waals surface area contributed by atoms with Crippen LogP contribution in [0.15, 0.2) is 6.07 Å². The molecule has 0 aliphatic carbocycles. The SMILES string of the molecule is Cc1cc(Cl)nc(Cl)c1NC(=O)C1CCOC1C. The second-order valence-corrected chi connectivity index (χ2v) is 5.13. The number of ether oxygens (including phenoxy) is 1. The monoisotopic (exact) mass is 288 g/mol. The van der Waals surface area contributed by atoms with Gasteiger partial charge in [-0.1, -0.05) is 23.2 Å². The summed E-state index contributed by atoms with van der Waals surface area (Å²) in [5, 5.41) is 3.33. The van der Waals surface area contributed by atoms with Crippen molar-refractivity contribution in [3.63, 3.8) is 0 Å². The van der Waals surface area contributed by atoms with Crippen LogP contribution in [0.1, 0.15) is 18.9 Å². The number of aryl methyl sites for hydroxylation is 1.